The summed E-state index contributed by atoms with van der Waals surface area (Å²) in [6.45, 7) is 14.6. The van der Waals surface area contributed by atoms with Gasteiger partial charge in [-0.25, -0.2) is 14.8 Å². The minimum absolute atomic E-state index is 0.176. The van der Waals surface area contributed by atoms with Crippen LogP contribution in [0.1, 0.15) is 70.4 Å². The number of rotatable bonds is 11. The molecule has 2 aromatic heterocycles. The van der Waals surface area contributed by atoms with Crippen LogP contribution in [-0.2, 0) is 16.1 Å². The zero-order chi connectivity index (χ0) is 48.3. The molecule has 5 fully saturated rings. The van der Waals surface area contributed by atoms with E-state index in [9.17, 15) is 19.5 Å². The molecule has 4 amide bonds. The van der Waals surface area contributed by atoms with Gasteiger partial charge in [-0.3, -0.25) is 14.5 Å². The second-order valence-corrected chi connectivity index (χ2v) is 20.5. The first-order chi connectivity index (χ1) is 33.3. The molecule has 1 saturated carbocycles. The predicted molar refractivity (Wildman–Crippen MR) is 268 cm³/mol. The molecule has 4 aromatic rings. The Morgan fingerprint density at radius 2 is 1.54 bits per heavy atom. The third-order valence-electron chi connectivity index (χ3n) is 15.2. The largest absolute Gasteiger partial charge is 0.507 e. The van der Waals surface area contributed by atoms with Crippen LogP contribution in [0.4, 0.5) is 27.9 Å². The number of piperazine rings is 2. The minimum Gasteiger partial charge on any atom is -0.507 e. The van der Waals surface area contributed by atoms with Gasteiger partial charge in [0.2, 0.25) is 17.8 Å². The first-order valence-electron chi connectivity index (χ1n) is 24.7. The van der Waals surface area contributed by atoms with E-state index in [0.29, 0.717) is 61.1 Å². The Labute approximate surface area is 406 Å². The number of likely N-dealkylation sites (tertiary alicyclic amines) is 1. The second kappa shape index (κ2) is 20.1. The summed E-state index contributed by atoms with van der Waals surface area (Å²) in [5.74, 6) is 3.82. The van der Waals surface area contributed by atoms with Crippen LogP contribution in [0.5, 0.6) is 5.75 Å². The van der Waals surface area contributed by atoms with Gasteiger partial charge in [0, 0.05) is 103 Å². The number of urea groups is 1. The molecule has 4 saturated heterocycles. The highest BCUT2D eigenvalue weighted by atomic mass is 16.3. The van der Waals surface area contributed by atoms with E-state index in [0.717, 1.165) is 100 Å². The number of phenols is 1. The highest BCUT2D eigenvalue weighted by Gasteiger charge is 2.49. The molecule has 69 heavy (non-hydrogen) atoms. The molecule has 9 rings (SSSR count). The maximum absolute atomic E-state index is 14.2. The van der Waals surface area contributed by atoms with Crippen molar-refractivity contribution in [2.45, 2.75) is 84.0 Å². The number of hydrogen-bond acceptors (Lipinski definition) is 13. The number of nitrogens with one attached hydrogen (secondary N) is 3. The zero-order valence-corrected chi connectivity index (χ0v) is 40.5. The first kappa shape index (κ1) is 47.4. The maximum atomic E-state index is 14.2. The van der Waals surface area contributed by atoms with Crippen molar-refractivity contribution in [3.8, 4) is 29.4 Å². The van der Waals surface area contributed by atoms with Crippen LogP contribution in [0.3, 0.4) is 0 Å². The van der Waals surface area contributed by atoms with Gasteiger partial charge in [0.05, 0.1) is 29.5 Å². The molecule has 4 aliphatic heterocycles. The van der Waals surface area contributed by atoms with Crippen LogP contribution < -0.4 is 30.7 Å². The van der Waals surface area contributed by atoms with E-state index in [1.807, 2.05) is 87.6 Å². The number of nitrogens with zero attached hydrogens (tertiary/aromatic N) is 10. The molecule has 0 radical (unpaired) electrons. The topological polar surface area (TPSA) is 179 Å². The van der Waals surface area contributed by atoms with E-state index in [1.165, 1.54) is 12.8 Å². The minimum atomic E-state index is -0.770. The van der Waals surface area contributed by atoms with Crippen molar-refractivity contribution in [3.63, 3.8) is 0 Å². The number of amides is 4. The number of carbonyl (C=O) groups is 3. The number of terminal acetylenes is 1. The van der Waals surface area contributed by atoms with Crippen LogP contribution in [-0.4, -0.2) is 155 Å². The van der Waals surface area contributed by atoms with Crippen molar-refractivity contribution in [1.29, 1.82) is 0 Å². The van der Waals surface area contributed by atoms with Gasteiger partial charge in [0.15, 0.2) is 5.82 Å². The Morgan fingerprint density at radius 3 is 2.19 bits per heavy atom. The SMILES string of the molecule is C#Cc1ccc(CNC(=O)C2CCCN2C(=O)C(NC(=O)N2CCN(C3CC4(CCN(c5cnc(N6CCN(c7cc(-c8ccccc8O)nnc7NC)CC6)nc5)CC4)C3)CC2)C(C)(C)C)cc1. The Kier molecular flexibility index (Phi) is 13.8. The monoisotopic (exact) mass is 938 g/mol. The number of benzene rings is 2. The fourth-order valence-corrected chi connectivity index (χ4v) is 10.9. The Balaban J connectivity index is 0.705. The van der Waals surface area contributed by atoms with Gasteiger partial charge in [-0.15, -0.1) is 16.6 Å². The van der Waals surface area contributed by atoms with Crippen molar-refractivity contribution in [3.05, 3.63) is 78.1 Å². The molecule has 5 aliphatic rings. The summed E-state index contributed by atoms with van der Waals surface area (Å²) in [5, 5.41) is 28.5. The Bertz CT molecular complexity index is 2490. The number of phenolic OH excluding ortho intramolecular Hbond substituents is 1. The normalized spacial score (nSPS) is 20.3. The van der Waals surface area contributed by atoms with Crippen LogP contribution >= 0.6 is 0 Å². The summed E-state index contributed by atoms with van der Waals surface area (Å²) in [7, 11) is 1.84. The lowest BCUT2D eigenvalue weighted by Gasteiger charge is -2.56. The van der Waals surface area contributed by atoms with Crippen molar-refractivity contribution >= 4 is 41.0 Å². The number of hydrogen-bond donors (Lipinski definition) is 4. The number of para-hydroxylation sites is 1. The lowest BCUT2D eigenvalue weighted by atomic mass is 9.60. The van der Waals surface area contributed by atoms with Gasteiger partial charge in [-0.05, 0) is 85.3 Å². The van der Waals surface area contributed by atoms with Crippen LogP contribution in [0, 0.1) is 23.2 Å². The second-order valence-electron chi connectivity index (χ2n) is 20.5. The Morgan fingerprint density at radius 1 is 0.855 bits per heavy atom. The molecule has 4 N–H and O–H groups in total. The third-order valence-corrected chi connectivity index (χ3v) is 15.2. The van der Waals surface area contributed by atoms with Crippen LogP contribution in [0.25, 0.3) is 11.3 Å². The molecule has 1 aliphatic carbocycles. The molecule has 1 spiro atoms. The molecule has 2 atom stereocenters. The molecule has 364 valence electrons. The fraction of sp³-hybridized carbons (Fsp3) is 0.519. The van der Waals surface area contributed by atoms with E-state index in [4.69, 9.17) is 16.4 Å². The summed E-state index contributed by atoms with van der Waals surface area (Å²) in [6.07, 6.45) is 15.4. The molecule has 6 heterocycles. The lowest BCUT2D eigenvalue weighted by Crippen LogP contribution is -2.63. The van der Waals surface area contributed by atoms with Crippen molar-refractivity contribution in [2.24, 2.45) is 10.8 Å². The number of aromatic hydroxyl groups is 1. The van der Waals surface area contributed by atoms with Crippen molar-refractivity contribution in [1.82, 2.24) is 45.5 Å². The molecule has 2 unspecified atom stereocenters. The van der Waals surface area contributed by atoms with Gasteiger partial charge in [0.1, 0.15) is 17.8 Å². The summed E-state index contributed by atoms with van der Waals surface area (Å²) < 4.78 is 0. The third kappa shape index (κ3) is 10.4. The van der Waals surface area contributed by atoms with E-state index < -0.39 is 17.5 Å². The van der Waals surface area contributed by atoms with Crippen LogP contribution in [0.2, 0.25) is 0 Å². The first-order valence-corrected chi connectivity index (χ1v) is 24.7. The molecule has 17 nitrogen and oxygen atoms in total. The van der Waals surface area contributed by atoms with Crippen LogP contribution in [0.15, 0.2) is 67.0 Å². The summed E-state index contributed by atoms with van der Waals surface area (Å²) in [6, 6.07) is 15.6. The van der Waals surface area contributed by atoms with Gasteiger partial charge in [-0.1, -0.05) is 51.0 Å². The molecular formula is C52H67N13O4. The molecule has 17 heteroatoms. The highest BCUT2D eigenvalue weighted by Crippen LogP contribution is 2.51. The Hall–Kier alpha value is -6.67. The number of aromatic nitrogens is 4. The maximum Gasteiger partial charge on any atom is 0.318 e. The molecule has 0 bridgehead atoms. The van der Waals surface area contributed by atoms with E-state index in [2.05, 4.69) is 51.7 Å². The summed E-state index contributed by atoms with van der Waals surface area (Å²) in [5.41, 5.74) is 4.80. The van der Waals surface area contributed by atoms with Gasteiger partial charge >= 0.3 is 6.03 Å². The summed E-state index contributed by atoms with van der Waals surface area (Å²) >= 11 is 0. The van der Waals surface area contributed by atoms with Gasteiger partial charge < -0.3 is 45.6 Å². The van der Waals surface area contributed by atoms with E-state index in [1.54, 1.807) is 17.0 Å². The van der Waals surface area contributed by atoms with E-state index >= 15 is 0 Å². The molecule has 2 aromatic carbocycles. The van der Waals surface area contributed by atoms with Crippen molar-refractivity contribution in [2.75, 3.05) is 99.1 Å². The highest BCUT2D eigenvalue weighted by molar-refractivity contribution is 5.93. The standard InChI is InChI=1S/C52H67N13O4/c1-6-36-13-15-37(16-14-36)33-54-47(67)42-11-9-19-65(42)48(68)45(51(2,3)4)57-50(69)64-28-22-61(23-29-64)38-31-52(32-38)17-20-60(21-18-52)39-34-55-49(56-35-39)63-26-24-62(25-27-63)43-30-41(58-59-46(43)53-5)40-10-7-8-12-44(40)66/h1,7-8,10,12-16,30,34-35,38,42,45,66H,9,11,17-29,31-33H2,2-5H3,(H,53,59)(H,54,67)(H,57,69). The zero-order valence-electron chi connectivity index (χ0n) is 40.5. The average Bonchev–Trinajstić information content (AvgIpc) is 3.87. The van der Waals surface area contributed by atoms with Crippen molar-refractivity contribution < 1.29 is 19.5 Å². The number of piperidine rings is 1. The number of anilines is 4. The smallest absolute Gasteiger partial charge is 0.318 e. The van der Waals surface area contributed by atoms with Gasteiger partial charge in [0.25, 0.3) is 0 Å². The van der Waals surface area contributed by atoms with E-state index in [-0.39, 0.29) is 23.6 Å². The quantitative estimate of drug-likeness (QED) is 0.151. The number of carbonyl (C=O) groups excluding carboxylic acids is 3. The predicted octanol–water partition coefficient (Wildman–Crippen LogP) is 4.79. The molecular weight excluding hydrogens is 871 g/mol. The van der Waals surface area contributed by atoms with Gasteiger partial charge in [-0.2, -0.15) is 0 Å². The fourth-order valence-electron chi connectivity index (χ4n) is 10.9. The summed E-state index contributed by atoms with van der Waals surface area (Å²) in [4.78, 5) is 64.0. The average molecular weight is 938 g/mol. The lowest BCUT2D eigenvalue weighted by molar-refractivity contribution is -0.141.